The van der Waals surface area contributed by atoms with Gasteiger partial charge in [-0.15, -0.1) is 11.3 Å². The minimum absolute atomic E-state index is 0.0463. The van der Waals surface area contributed by atoms with Gasteiger partial charge in [0.15, 0.2) is 0 Å². The number of benzene rings is 7. The van der Waals surface area contributed by atoms with Gasteiger partial charge in [-0.05, 0) is 193 Å². The van der Waals surface area contributed by atoms with Crippen molar-refractivity contribution in [1.82, 2.24) is 0 Å². The van der Waals surface area contributed by atoms with Gasteiger partial charge in [0.25, 0.3) is 6.71 Å². The second-order valence-corrected chi connectivity index (χ2v) is 27.7. The Morgan fingerprint density at radius 1 is 0.444 bits per heavy atom. The first kappa shape index (κ1) is 44.8. The number of thiophene rings is 1. The molecule has 1 atom stereocenters. The minimum atomic E-state index is -0.134. The third-order valence-corrected chi connectivity index (χ3v) is 20.9. The van der Waals surface area contributed by atoms with Gasteiger partial charge in [0.1, 0.15) is 0 Å². The highest BCUT2D eigenvalue weighted by atomic mass is 32.1. The van der Waals surface area contributed by atoms with E-state index in [1.165, 1.54) is 152 Å². The van der Waals surface area contributed by atoms with Crippen LogP contribution in [0.3, 0.4) is 0 Å². The number of nitrogens with zero attached hydrogens (tertiary/aromatic N) is 2. The van der Waals surface area contributed by atoms with Gasteiger partial charge in [-0.25, -0.2) is 0 Å². The van der Waals surface area contributed by atoms with Crippen LogP contribution in [0.4, 0.5) is 34.1 Å². The van der Waals surface area contributed by atoms with Crippen molar-refractivity contribution in [2.45, 2.75) is 154 Å². The molecule has 1 aromatic heterocycles. The zero-order chi connectivity index (χ0) is 49.8. The number of hydrogen-bond acceptors (Lipinski definition) is 3. The van der Waals surface area contributed by atoms with Crippen LogP contribution in [0.2, 0.25) is 0 Å². The van der Waals surface area contributed by atoms with Crippen molar-refractivity contribution in [1.29, 1.82) is 0 Å². The molecule has 0 radical (unpaired) electrons. The first-order valence-electron chi connectivity index (χ1n) is 27.2. The standard InChI is InChI=1S/C68H69BN2S/c1-40-31-57-60-58(32-40)71-55-34-43(21-23-46(55)41-17-14-13-15-18-41)42-19-16-20-44(33-42)68(12)30-29-67(10,11)52-39-59-47(36-53(52)68)61(71)62(72-59)69(60)54-37-50-51(66(8,9)28-27-65(50,6)7)38-56(54)70(57)45-22-24-48-49(35-45)64(4,5)26-25-63(48,2)3/h13-24,31-39H,25-30H2,1-12H3. The van der Waals surface area contributed by atoms with E-state index in [0.29, 0.717) is 0 Å². The van der Waals surface area contributed by atoms with E-state index in [-0.39, 0.29) is 39.2 Å². The van der Waals surface area contributed by atoms with Gasteiger partial charge in [0, 0.05) is 48.6 Å². The van der Waals surface area contributed by atoms with Crippen LogP contribution in [0.1, 0.15) is 159 Å². The summed E-state index contributed by atoms with van der Waals surface area (Å²) in [6.07, 6.45) is 7.00. The predicted molar refractivity (Wildman–Crippen MR) is 311 cm³/mol. The number of fused-ring (bicyclic) bond motifs is 13. The lowest BCUT2D eigenvalue weighted by molar-refractivity contribution is 0.332. The Balaban J connectivity index is 1.15. The lowest BCUT2D eigenvalue weighted by Gasteiger charge is -2.47. The molecular formula is C68H69BN2S. The molecule has 6 aliphatic rings. The van der Waals surface area contributed by atoms with Crippen LogP contribution >= 0.6 is 11.3 Å². The maximum absolute atomic E-state index is 2.76. The van der Waals surface area contributed by atoms with Gasteiger partial charge in [-0.1, -0.05) is 155 Å². The molecule has 360 valence electrons. The second kappa shape index (κ2) is 14.5. The minimum Gasteiger partial charge on any atom is -0.311 e. The van der Waals surface area contributed by atoms with Gasteiger partial charge in [-0.2, -0.15) is 0 Å². The zero-order valence-corrected chi connectivity index (χ0v) is 45.6. The van der Waals surface area contributed by atoms with E-state index in [1.807, 2.05) is 0 Å². The molecule has 8 aromatic rings. The molecule has 72 heavy (non-hydrogen) atoms. The van der Waals surface area contributed by atoms with Crippen molar-refractivity contribution in [2.24, 2.45) is 0 Å². The van der Waals surface area contributed by atoms with Crippen LogP contribution in [0.15, 0.2) is 127 Å². The molecule has 3 aliphatic heterocycles. The smallest absolute Gasteiger partial charge is 0.264 e. The fraction of sp³-hybridized carbons (Fsp3) is 0.353. The summed E-state index contributed by atoms with van der Waals surface area (Å²) in [5.41, 5.74) is 27.7. The number of aryl methyl sites for hydroxylation is 1. The molecule has 3 aliphatic carbocycles. The molecule has 7 aromatic carbocycles. The van der Waals surface area contributed by atoms with Gasteiger partial charge in [0.05, 0.1) is 11.4 Å². The molecule has 4 heterocycles. The molecular weight excluding hydrogens is 888 g/mol. The maximum atomic E-state index is 2.76. The van der Waals surface area contributed by atoms with Crippen LogP contribution in [-0.2, 0) is 32.5 Å². The Morgan fingerprint density at radius 3 is 1.75 bits per heavy atom. The van der Waals surface area contributed by atoms with Crippen molar-refractivity contribution in [3.63, 3.8) is 0 Å². The third-order valence-electron chi connectivity index (χ3n) is 19.7. The van der Waals surface area contributed by atoms with Crippen LogP contribution in [0.5, 0.6) is 0 Å². The van der Waals surface area contributed by atoms with E-state index in [2.05, 4.69) is 232 Å². The molecule has 14 rings (SSSR count). The summed E-state index contributed by atoms with van der Waals surface area (Å²) in [5, 5.41) is 1.38. The van der Waals surface area contributed by atoms with Gasteiger partial charge >= 0.3 is 0 Å². The highest BCUT2D eigenvalue weighted by Crippen LogP contribution is 2.57. The molecule has 4 heteroatoms. The van der Waals surface area contributed by atoms with E-state index in [1.54, 1.807) is 0 Å². The molecule has 0 amide bonds. The van der Waals surface area contributed by atoms with Crippen LogP contribution in [0.25, 0.3) is 32.3 Å². The summed E-state index contributed by atoms with van der Waals surface area (Å²) >= 11 is 2.08. The Hall–Kier alpha value is -5.84. The highest BCUT2D eigenvalue weighted by Gasteiger charge is 2.50. The molecule has 1 unspecified atom stereocenters. The van der Waals surface area contributed by atoms with Crippen LogP contribution in [-0.4, -0.2) is 6.71 Å². The summed E-state index contributed by atoms with van der Waals surface area (Å²) in [6, 6.07) is 51.6. The monoisotopic (exact) mass is 957 g/mol. The Bertz CT molecular complexity index is 3680. The third kappa shape index (κ3) is 6.08. The topological polar surface area (TPSA) is 6.48 Å². The largest absolute Gasteiger partial charge is 0.311 e. The Labute approximate surface area is 433 Å². The van der Waals surface area contributed by atoms with Crippen molar-refractivity contribution >= 4 is 78.0 Å². The molecule has 6 bridgehead atoms. The molecule has 0 saturated heterocycles. The van der Waals surface area contributed by atoms with Gasteiger partial charge in [-0.3, -0.25) is 0 Å². The number of hydrogen-bond donors (Lipinski definition) is 0. The van der Waals surface area contributed by atoms with Crippen molar-refractivity contribution < 1.29 is 0 Å². The van der Waals surface area contributed by atoms with Crippen molar-refractivity contribution in [3.8, 4) is 22.3 Å². The molecule has 0 fully saturated rings. The molecule has 0 saturated carbocycles. The molecule has 0 spiro atoms. The summed E-state index contributed by atoms with van der Waals surface area (Å²) in [5.74, 6) is 0. The maximum Gasteiger partial charge on any atom is 0.264 e. The Morgan fingerprint density at radius 2 is 1.04 bits per heavy atom. The van der Waals surface area contributed by atoms with Crippen LogP contribution in [0, 0.1) is 6.92 Å². The normalized spacial score (nSPS) is 21.5. The number of rotatable bonds is 2. The first-order chi connectivity index (χ1) is 34.2. The second-order valence-electron chi connectivity index (χ2n) is 26.6. The average molecular weight is 957 g/mol. The quantitative estimate of drug-likeness (QED) is 0.159. The van der Waals surface area contributed by atoms with E-state index in [0.717, 1.165) is 12.8 Å². The fourth-order valence-corrected chi connectivity index (χ4v) is 16.3. The highest BCUT2D eigenvalue weighted by molar-refractivity contribution is 7.33. The predicted octanol–water partition coefficient (Wildman–Crippen LogP) is 17.0. The van der Waals surface area contributed by atoms with Crippen molar-refractivity contribution in [3.05, 3.63) is 172 Å². The van der Waals surface area contributed by atoms with E-state index in [9.17, 15) is 0 Å². The summed E-state index contributed by atoms with van der Waals surface area (Å²) in [6.45, 7) is 29.9. The van der Waals surface area contributed by atoms with Crippen LogP contribution < -0.4 is 25.5 Å². The van der Waals surface area contributed by atoms with Crippen molar-refractivity contribution in [2.75, 3.05) is 9.80 Å². The molecule has 2 nitrogen and oxygen atoms in total. The van der Waals surface area contributed by atoms with E-state index < -0.39 is 0 Å². The lowest BCUT2D eigenvalue weighted by atomic mass is 9.35. The van der Waals surface area contributed by atoms with E-state index >= 15 is 0 Å². The summed E-state index contributed by atoms with van der Waals surface area (Å²) in [7, 11) is 0. The van der Waals surface area contributed by atoms with Gasteiger partial charge < -0.3 is 9.80 Å². The fourth-order valence-electron chi connectivity index (χ4n) is 14.9. The average Bonchev–Trinajstić information content (AvgIpc) is 3.73. The number of anilines is 6. The first-order valence-corrected chi connectivity index (χ1v) is 28.0. The van der Waals surface area contributed by atoms with Gasteiger partial charge in [0.2, 0.25) is 0 Å². The SMILES string of the molecule is Cc1cc2c3c(c1)N1c4cc(ccc4-c4ccccc4)-c4cccc(c4)C4(C)CCC(C)(C)c5cc6sc(c1c6cc54)B3c1cc3c(cc1N2c1ccc2c(c1)C(C)(C)CCC2(C)C)C(C)(C)CCC3(C)C. The lowest BCUT2D eigenvalue weighted by Crippen LogP contribution is -2.61. The summed E-state index contributed by atoms with van der Waals surface area (Å²) in [4.78, 5) is 5.49. The van der Waals surface area contributed by atoms with E-state index in [4.69, 9.17) is 0 Å². The zero-order valence-electron chi connectivity index (χ0n) is 44.7. The molecule has 0 N–H and O–H groups in total. The summed E-state index contributed by atoms with van der Waals surface area (Å²) < 4.78 is 2.87. The Kier molecular flexibility index (Phi) is 9.01.